The standard InChI is InChI=1S/C24H25N3O6S/c1-33-21-10-8-19(9-11-21)27-34(31,32)22-12-6-17(7-13-22)23(29)25-14-3-15-26-24(30)18-4-2-5-20(28)16-18/h2,4-13,16,27-28H,3,14-15H2,1H3,(H,25,29)(H,26,30). The number of sulfonamides is 1. The Kier molecular flexibility index (Phi) is 8.10. The summed E-state index contributed by atoms with van der Waals surface area (Å²) in [5.41, 5.74) is 1.05. The molecule has 4 N–H and O–H groups in total. The Bertz CT molecular complexity index is 1240. The smallest absolute Gasteiger partial charge is 0.261 e. The molecule has 9 nitrogen and oxygen atoms in total. The molecule has 0 aliphatic rings. The number of benzene rings is 3. The lowest BCUT2D eigenvalue weighted by atomic mass is 10.2. The molecule has 0 aromatic heterocycles. The Morgan fingerprint density at radius 2 is 1.47 bits per heavy atom. The predicted octanol–water partition coefficient (Wildman–Crippen LogP) is 2.75. The van der Waals surface area contributed by atoms with E-state index in [1.54, 1.807) is 36.4 Å². The molecule has 0 aliphatic heterocycles. The fourth-order valence-electron chi connectivity index (χ4n) is 3.00. The first kappa shape index (κ1) is 24.6. The molecule has 0 unspecified atom stereocenters. The minimum absolute atomic E-state index is 0.00949. The van der Waals surface area contributed by atoms with Crippen molar-refractivity contribution < 1.29 is 27.9 Å². The lowest BCUT2D eigenvalue weighted by Gasteiger charge is -2.10. The minimum Gasteiger partial charge on any atom is -0.508 e. The van der Waals surface area contributed by atoms with Gasteiger partial charge in [0.15, 0.2) is 0 Å². The molecule has 34 heavy (non-hydrogen) atoms. The summed E-state index contributed by atoms with van der Waals surface area (Å²) < 4.78 is 32.7. The third kappa shape index (κ3) is 6.72. The van der Waals surface area contributed by atoms with E-state index >= 15 is 0 Å². The third-order valence-corrected chi connectivity index (χ3v) is 6.20. The third-order valence-electron chi connectivity index (χ3n) is 4.80. The first-order valence-corrected chi connectivity index (χ1v) is 11.9. The molecule has 0 saturated heterocycles. The Hall–Kier alpha value is -4.05. The van der Waals surface area contributed by atoms with Crippen LogP contribution in [-0.2, 0) is 10.0 Å². The first-order valence-electron chi connectivity index (χ1n) is 10.4. The predicted molar refractivity (Wildman–Crippen MR) is 128 cm³/mol. The highest BCUT2D eigenvalue weighted by atomic mass is 32.2. The monoisotopic (exact) mass is 483 g/mol. The highest BCUT2D eigenvalue weighted by Gasteiger charge is 2.15. The molecule has 0 spiro atoms. The number of ether oxygens (including phenoxy) is 1. The number of anilines is 1. The number of carbonyl (C=O) groups is 2. The van der Waals surface area contributed by atoms with Crippen LogP contribution in [0.5, 0.6) is 11.5 Å². The van der Waals surface area contributed by atoms with Crippen molar-refractivity contribution >= 4 is 27.5 Å². The number of methoxy groups -OCH3 is 1. The van der Waals surface area contributed by atoms with Crippen molar-refractivity contribution in [3.05, 3.63) is 83.9 Å². The summed E-state index contributed by atoms with van der Waals surface area (Å²) in [5.74, 6) is -0.0546. The van der Waals surface area contributed by atoms with Gasteiger partial charge in [0.2, 0.25) is 0 Å². The van der Waals surface area contributed by atoms with E-state index < -0.39 is 10.0 Å². The highest BCUT2D eigenvalue weighted by molar-refractivity contribution is 7.92. The lowest BCUT2D eigenvalue weighted by molar-refractivity contribution is 0.0951. The van der Waals surface area contributed by atoms with Gasteiger partial charge < -0.3 is 20.5 Å². The van der Waals surface area contributed by atoms with Gasteiger partial charge in [0, 0.05) is 29.9 Å². The summed E-state index contributed by atoms with van der Waals surface area (Å²) in [6.45, 7) is 0.654. The number of amides is 2. The quantitative estimate of drug-likeness (QED) is 0.328. The number of carbonyl (C=O) groups excluding carboxylic acids is 2. The number of aromatic hydroxyl groups is 1. The average molecular weight is 484 g/mol. The van der Waals surface area contributed by atoms with Crippen LogP contribution in [0.2, 0.25) is 0 Å². The van der Waals surface area contributed by atoms with E-state index in [1.165, 1.54) is 43.5 Å². The molecular formula is C24H25N3O6S. The van der Waals surface area contributed by atoms with Crippen molar-refractivity contribution in [3.8, 4) is 11.5 Å². The largest absolute Gasteiger partial charge is 0.508 e. The van der Waals surface area contributed by atoms with Crippen molar-refractivity contribution in [1.82, 2.24) is 10.6 Å². The number of nitrogens with one attached hydrogen (secondary N) is 3. The van der Waals surface area contributed by atoms with Crippen LogP contribution in [0.4, 0.5) is 5.69 Å². The molecule has 0 radical (unpaired) electrons. The number of phenolic OH excluding ortho intramolecular Hbond substituents is 1. The molecular weight excluding hydrogens is 458 g/mol. The fourth-order valence-corrected chi connectivity index (χ4v) is 4.06. The van der Waals surface area contributed by atoms with E-state index in [1.807, 2.05) is 0 Å². The van der Waals surface area contributed by atoms with Crippen LogP contribution in [0.25, 0.3) is 0 Å². The zero-order chi connectivity index (χ0) is 24.6. The Balaban J connectivity index is 1.46. The van der Waals surface area contributed by atoms with E-state index in [4.69, 9.17) is 4.74 Å². The first-order chi connectivity index (χ1) is 16.3. The molecule has 0 atom stereocenters. The normalized spacial score (nSPS) is 10.9. The summed E-state index contributed by atoms with van der Waals surface area (Å²) >= 11 is 0. The van der Waals surface area contributed by atoms with Crippen LogP contribution >= 0.6 is 0 Å². The zero-order valence-corrected chi connectivity index (χ0v) is 19.3. The molecule has 0 bridgehead atoms. The number of hydrogen-bond acceptors (Lipinski definition) is 6. The van der Waals surface area contributed by atoms with E-state index in [0.29, 0.717) is 42.1 Å². The molecule has 3 aromatic carbocycles. The number of rotatable bonds is 10. The minimum atomic E-state index is -3.81. The fraction of sp³-hybridized carbons (Fsp3) is 0.167. The second kappa shape index (κ2) is 11.2. The maximum absolute atomic E-state index is 12.6. The van der Waals surface area contributed by atoms with Crippen LogP contribution in [0, 0.1) is 0 Å². The summed E-state index contributed by atoms with van der Waals surface area (Å²) in [7, 11) is -2.29. The van der Waals surface area contributed by atoms with Crippen molar-refractivity contribution in [2.45, 2.75) is 11.3 Å². The van der Waals surface area contributed by atoms with Crippen LogP contribution < -0.4 is 20.1 Å². The summed E-state index contributed by atoms with van der Waals surface area (Å²) in [4.78, 5) is 24.3. The molecule has 0 saturated carbocycles. The maximum atomic E-state index is 12.6. The Labute approximate surface area is 197 Å². The van der Waals surface area contributed by atoms with Gasteiger partial charge in [-0.2, -0.15) is 0 Å². The van der Waals surface area contributed by atoms with Crippen molar-refractivity contribution in [2.75, 3.05) is 24.9 Å². The molecule has 3 aromatic rings. The van der Waals surface area contributed by atoms with Gasteiger partial charge in [-0.1, -0.05) is 6.07 Å². The van der Waals surface area contributed by atoms with E-state index in [9.17, 15) is 23.1 Å². The van der Waals surface area contributed by atoms with E-state index in [0.717, 1.165) is 0 Å². The van der Waals surface area contributed by atoms with Gasteiger partial charge in [-0.25, -0.2) is 8.42 Å². The Morgan fingerprint density at radius 1 is 0.853 bits per heavy atom. The van der Waals surface area contributed by atoms with Crippen LogP contribution in [0.15, 0.2) is 77.7 Å². The SMILES string of the molecule is COc1ccc(NS(=O)(=O)c2ccc(C(=O)NCCCNC(=O)c3cccc(O)c3)cc2)cc1. The topological polar surface area (TPSA) is 134 Å². The van der Waals surface area contributed by atoms with Crippen molar-refractivity contribution in [2.24, 2.45) is 0 Å². The van der Waals surface area contributed by atoms with Gasteiger partial charge in [-0.3, -0.25) is 14.3 Å². The Morgan fingerprint density at radius 3 is 2.06 bits per heavy atom. The van der Waals surface area contributed by atoms with Crippen LogP contribution in [-0.4, -0.2) is 45.5 Å². The summed E-state index contributed by atoms with van der Waals surface area (Å²) in [6.07, 6.45) is 0.495. The second-order valence-corrected chi connectivity index (χ2v) is 8.96. The molecule has 0 aliphatic carbocycles. The van der Waals surface area contributed by atoms with Gasteiger partial charge in [-0.15, -0.1) is 0 Å². The molecule has 0 heterocycles. The summed E-state index contributed by atoms with van der Waals surface area (Å²) in [6, 6.07) is 18.1. The van der Waals surface area contributed by atoms with Gasteiger partial charge in [0.05, 0.1) is 12.0 Å². The molecule has 178 valence electrons. The van der Waals surface area contributed by atoms with E-state index in [2.05, 4.69) is 15.4 Å². The highest BCUT2D eigenvalue weighted by Crippen LogP contribution is 2.19. The van der Waals surface area contributed by atoms with Crippen molar-refractivity contribution in [1.29, 1.82) is 0 Å². The van der Waals surface area contributed by atoms with Gasteiger partial charge in [0.25, 0.3) is 21.8 Å². The van der Waals surface area contributed by atoms with Gasteiger partial charge >= 0.3 is 0 Å². The zero-order valence-electron chi connectivity index (χ0n) is 18.4. The number of phenols is 1. The van der Waals surface area contributed by atoms with Gasteiger partial charge in [0.1, 0.15) is 11.5 Å². The molecule has 0 fully saturated rings. The maximum Gasteiger partial charge on any atom is 0.261 e. The molecule has 2 amide bonds. The van der Waals surface area contributed by atoms with E-state index in [-0.39, 0.29) is 22.5 Å². The van der Waals surface area contributed by atoms with Crippen LogP contribution in [0.3, 0.4) is 0 Å². The lowest BCUT2D eigenvalue weighted by Crippen LogP contribution is -2.29. The van der Waals surface area contributed by atoms with Gasteiger partial charge in [-0.05, 0) is 73.2 Å². The average Bonchev–Trinajstić information content (AvgIpc) is 2.84. The number of hydrogen-bond donors (Lipinski definition) is 4. The molecule has 3 rings (SSSR count). The summed E-state index contributed by atoms with van der Waals surface area (Å²) in [5, 5.41) is 14.8. The molecule has 10 heteroatoms. The van der Waals surface area contributed by atoms with Crippen LogP contribution in [0.1, 0.15) is 27.1 Å². The second-order valence-electron chi connectivity index (χ2n) is 7.27. The van der Waals surface area contributed by atoms with Crippen molar-refractivity contribution in [3.63, 3.8) is 0 Å².